The second kappa shape index (κ2) is 10.4. The number of piperidine rings is 1. The summed E-state index contributed by atoms with van der Waals surface area (Å²) < 4.78 is 98.7. The molecule has 0 N–H and O–H groups in total. The van der Waals surface area contributed by atoms with E-state index in [4.69, 9.17) is 4.74 Å². The number of alkyl halides is 6. The van der Waals surface area contributed by atoms with Crippen molar-refractivity contribution in [3.05, 3.63) is 70.5 Å². The molecule has 2 fully saturated rings. The lowest BCUT2D eigenvalue weighted by Crippen LogP contribution is -2.47. The smallest absolute Gasteiger partial charge is 0.373 e. The van der Waals surface area contributed by atoms with Crippen molar-refractivity contribution >= 4 is 5.91 Å². The van der Waals surface area contributed by atoms with E-state index in [2.05, 4.69) is 0 Å². The zero-order valence-corrected chi connectivity index (χ0v) is 19.3. The Labute approximate surface area is 204 Å². The van der Waals surface area contributed by atoms with Crippen LogP contribution in [0.15, 0.2) is 42.5 Å². The van der Waals surface area contributed by atoms with Crippen molar-refractivity contribution in [1.29, 1.82) is 0 Å². The highest BCUT2D eigenvalue weighted by Crippen LogP contribution is 2.38. The molecule has 0 spiro atoms. The number of carbonyl (C=O) groups excluding carboxylic acids is 1. The molecule has 0 aromatic heterocycles. The van der Waals surface area contributed by atoms with Gasteiger partial charge in [0.25, 0.3) is 0 Å². The van der Waals surface area contributed by atoms with Gasteiger partial charge in [-0.1, -0.05) is 25.0 Å². The first-order chi connectivity index (χ1) is 16.9. The molecule has 2 atom stereocenters. The lowest BCUT2D eigenvalue weighted by atomic mass is 9.87. The standard InChI is InChI=1S/C26H26F7NO2/c27-21-7-5-17(6-8-21)22-14-34(24(35)18-3-1-2-4-18)10-9-23(22)36-15-16-11-19(25(28,29)30)13-20(12-16)26(31,32)33/h5-8,11-13,18,22-23H,1-4,9-10,14-15H2/t22-,23+/m1/s1. The van der Waals surface area contributed by atoms with Crippen LogP contribution in [0.1, 0.15) is 60.3 Å². The minimum atomic E-state index is -4.95. The predicted molar refractivity (Wildman–Crippen MR) is 117 cm³/mol. The van der Waals surface area contributed by atoms with Crippen molar-refractivity contribution in [3.8, 4) is 0 Å². The lowest BCUT2D eigenvalue weighted by molar-refractivity contribution is -0.143. The third kappa shape index (κ3) is 6.19. The quantitative estimate of drug-likeness (QED) is 0.402. The fourth-order valence-corrected chi connectivity index (χ4v) is 5.10. The molecule has 0 unspecified atom stereocenters. The van der Waals surface area contributed by atoms with Crippen LogP contribution in [0.2, 0.25) is 0 Å². The van der Waals surface area contributed by atoms with Gasteiger partial charge >= 0.3 is 12.4 Å². The molecule has 10 heteroatoms. The highest BCUT2D eigenvalue weighted by Gasteiger charge is 2.38. The molecule has 196 valence electrons. The van der Waals surface area contributed by atoms with E-state index < -0.39 is 47.9 Å². The summed E-state index contributed by atoms with van der Waals surface area (Å²) in [6.07, 6.45) is -6.47. The fourth-order valence-electron chi connectivity index (χ4n) is 5.10. The van der Waals surface area contributed by atoms with Gasteiger partial charge < -0.3 is 9.64 Å². The average Bonchev–Trinajstić information content (AvgIpc) is 3.36. The lowest BCUT2D eigenvalue weighted by Gasteiger charge is -2.39. The number of amides is 1. The van der Waals surface area contributed by atoms with Crippen LogP contribution < -0.4 is 0 Å². The number of hydrogen-bond donors (Lipinski definition) is 0. The van der Waals surface area contributed by atoms with Crippen LogP contribution in [0.3, 0.4) is 0 Å². The van der Waals surface area contributed by atoms with Gasteiger partial charge in [-0.05, 0) is 60.7 Å². The van der Waals surface area contributed by atoms with Crippen molar-refractivity contribution in [1.82, 2.24) is 4.90 Å². The number of hydrogen-bond acceptors (Lipinski definition) is 2. The molecular formula is C26H26F7NO2. The number of benzene rings is 2. The summed E-state index contributed by atoms with van der Waals surface area (Å²) in [5, 5.41) is 0. The minimum absolute atomic E-state index is 0.0396. The van der Waals surface area contributed by atoms with Crippen molar-refractivity contribution in [2.75, 3.05) is 13.1 Å². The molecule has 1 saturated carbocycles. The number of nitrogens with zero attached hydrogens (tertiary/aromatic N) is 1. The molecule has 1 heterocycles. The van der Waals surface area contributed by atoms with Gasteiger partial charge in [-0.25, -0.2) is 4.39 Å². The molecule has 36 heavy (non-hydrogen) atoms. The summed E-state index contributed by atoms with van der Waals surface area (Å²) in [5.41, 5.74) is -2.37. The molecule has 2 aromatic carbocycles. The van der Waals surface area contributed by atoms with E-state index in [1.54, 1.807) is 17.0 Å². The van der Waals surface area contributed by atoms with Gasteiger partial charge in [-0.15, -0.1) is 0 Å². The average molecular weight is 517 g/mol. The Morgan fingerprint density at radius 2 is 1.47 bits per heavy atom. The van der Waals surface area contributed by atoms with E-state index >= 15 is 0 Å². The summed E-state index contributed by atoms with van der Waals surface area (Å²) in [7, 11) is 0. The third-order valence-corrected chi connectivity index (χ3v) is 6.98. The van der Waals surface area contributed by atoms with Gasteiger partial charge in [0.2, 0.25) is 5.91 Å². The maximum Gasteiger partial charge on any atom is 0.416 e. The van der Waals surface area contributed by atoms with E-state index in [0.29, 0.717) is 30.7 Å². The van der Waals surface area contributed by atoms with Crippen molar-refractivity contribution < 1.29 is 40.3 Å². The molecule has 2 aromatic rings. The molecule has 4 rings (SSSR count). The van der Waals surface area contributed by atoms with Gasteiger partial charge in [0.05, 0.1) is 23.8 Å². The Morgan fingerprint density at radius 1 is 0.889 bits per heavy atom. The molecule has 1 amide bonds. The maximum absolute atomic E-state index is 13.5. The largest absolute Gasteiger partial charge is 0.416 e. The number of carbonyl (C=O) groups is 1. The molecule has 0 bridgehead atoms. The van der Waals surface area contributed by atoms with Crippen molar-refractivity contribution in [2.45, 2.75) is 63.1 Å². The summed E-state index contributed by atoms with van der Waals surface area (Å²) in [6, 6.07) is 7.05. The van der Waals surface area contributed by atoms with Gasteiger partial charge in [-0.2, -0.15) is 26.3 Å². The Morgan fingerprint density at radius 3 is 2.03 bits per heavy atom. The number of halogens is 7. The Hall–Kier alpha value is -2.62. The first kappa shape index (κ1) is 26.4. The first-order valence-corrected chi connectivity index (χ1v) is 11.9. The maximum atomic E-state index is 13.5. The van der Waals surface area contributed by atoms with E-state index in [-0.39, 0.29) is 30.0 Å². The van der Waals surface area contributed by atoms with Crippen LogP contribution in [-0.4, -0.2) is 30.0 Å². The van der Waals surface area contributed by atoms with Crippen molar-refractivity contribution in [3.63, 3.8) is 0 Å². The van der Waals surface area contributed by atoms with Crippen LogP contribution in [0.25, 0.3) is 0 Å². The summed E-state index contributed by atoms with van der Waals surface area (Å²) in [5.74, 6) is -0.847. The predicted octanol–water partition coefficient (Wildman–Crippen LogP) is 6.95. The molecule has 2 aliphatic rings. The Kier molecular flexibility index (Phi) is 7.64. The molecule has 3 nitrogen and oxygen atoms in total. The molecular weight excluding hydrogens is 491 g/mol. The van der Waals surface area contributed by atoms with E-state index in [9.17, 15) is 35.5 Å². The topological polar surface area (TPSA) is 29.5 Å². The summed E-state index contributed by atoms with van der Waals surface area (Å²) in [4.78, 5) is 14.7. The highest BCUT2D eigenvalue weighted by atomic mass is 19.4. The normalized spacial score (nSPS) is 21.7. The van der Waals surface area contributed by atoms with E-state index in [1.807, 2.05) is 0 Å². The van der Waals surface area contributed by atoms with Gasteiger partial charge in [0, 0.05) is 24.9 Å². The number of likely N-dealkylation sites (tertiary alicyclic amines) is 1. The van der Waals surface area contributed by atoms with Crippen LogP contribution in [0.5, 0.6) is 0 Å². The number of ether oxygens (including phenoxy) is 1. The minimum Gasteiger partial charge on any atom is -0.373 e. The Bertz CT molecular complexity index is 1030. The second-order valence-corrected chi connectivity index (χ2v) is 9.48. The fraction of sp³-hybridized carbons (Fsp3) is 0.500. The summed E-state index contributed by atoms with van der Waals surface area (Å²) in [6.45, 7) is 0.183. The van der Waals surface area contributed by atoms with Crippen LogP contribution >= 0.6 is 0 Å². The van der Waals surface area contributed by atoms with Gasteiger partial charge in [-0.3, -0.25) is 4.79 Å². The zero-order valence-electron chi connectivity index (χ0n) is 19.3. The van der Waals surface area contributed by atoms with Crippen LogP contribution in [0.4, 0.5) is 30.7 Å². The number of rotatable bonds is 5. The van der Waals surface area contributed by atoms with Crippen LogP contribution in [0, 0.1) is 11.7 Å². The first-order valence-electron chi connectivity index (χ1n) is 11.9. The molecule has 1 saturated heterocycles. The van der Waals surface area contributed by atoms with E-state index in [1.165, 1.54) is 12.1 Å². The van der Waals surface area contributed by atoms with Gasteiger partial charge in [0.15, 0.2) is 0 Å². The summed E-state index contributed by atoms with van der Waals surface area (Å²) >= 11 is 0. The monoisotopic (exact) mass is 517 g/mol. The molecule has 1 aliphatic carbocycles. The third-order valence-electron chi connectivity index (χ3n) is 6.98. The van der Waals surface area contributed by atoms with Crippen molar-refractivity contribution in [2.24, 2.45) is 5.92 Å². The molecule has 0 radical (unpaired) electrons. The zero-order chi connectivity index (χ0) is 26.1. The highest BCUT2D eigenvalue weighted by molar-refractivity contribution is 5.79. The van der Waals surface area contributed by atoms with Gasteiger partial charge in [0.1, 0.15) is 5.82 Å². The van der Waals surface area contributed by atoms with Crippen LogP contribution in [-0.2, 0) is 28.5 Å². The molecule has 1 aliphatic heterocycles. The SMILES string of the molecule is O=C(C1CCCC1)N1CC[C@H](OCc2cc(C(F)(F)F)cc(C(F)(F)F)c2)[C@@H](c2ccc(F)cc2)C1. The second-order valence-electron chi connectivity index (χ2n) is 9.48. The van der Waals surface area contributed by atoms with E-state index in [0.717, 1.165) is 25.7 Å². The Balaban J connectivity index is 1.55.